The van der Waals surface area contributed by atoms with E-state index >= 15 is 0 Å². The molecule has 0 aliphatic heterocycles. The first-order chi connectivity index (χ1) is 6.20. The molecule has 1 atom stereocenters. The van der Waals surface area contributed by atoms with Gasteiger partial charge in [-0.25, -0.2) is 0 Å². The molecule has 0 fully saturated rings. The number of nitrogens with zero attached hydrogens (tertiary/aromatic N) is 1. The van der Waals surface area contributed by atoms with E-state index in [4.69, 9.17) is 5.73 Å². The zero-order valence-corrected chi connectivity index (χ0v) is 8.52. The SMILES string of the molecule is CC(CC(F)(F)F)N=C(N)NC(C)C. The summed E-state index contributed by atoms with van der Waals surface area (Å²) in [5.41, 5.74) is 5.37. The van der Waals surface area contributed by atoms with Crippen molar-refractivity contribution < 1.29 is 13.2 Å². The molecule has 0 spiro atoms. The van der Waals surface area contributed by atoms with Crippen LogP contribution in [0.2, 0.25) is 0 Å². The van der Waals surface area contributed by atoms with E-state index in [0.29, 0.717) is 0 Å². The number of hydrogen-bond acceptors (Lipinski definition) is 1. The Morgan fingerprint density at radius 1 is 1.36 bits per heavy atom. The van der Waals surface area contributed by atoms with Crippen LogP contribution in [0.15, 0.2) is 4.99 Å². The highest BCUT2D eigenvalue weighted by Gasteiger charge is 2.29. The molecule has 0 rings (SSSR count). The van der Waals surface area contributed by atoms with Crippen molar-refractivity contribution in [2.24, 2.45) is 10.7 Å². The molecule has 0 aliphatic carbocycles. The van der Waals surface area contributed by atoms with E-state index in [1.54, 1.807) is 0 Å². The number of rotatable bonds is 3. The third kappa shape index (κ3) is 7.70. The van der Waals surface area contributed by atoms with Crippen LogP contribution in [0, 0.1) is 0 Å². The summed E-state index contributed by atoms with van der Waals surface area (Å²) >= 11 is 0. The second-order valence-corrected chi connectivity index (χ2v) is 3.48. The Bertz CT molecular complexity index is 198. The summed E-state index contributed by atoms with van der Waals surface area (Å²) < 4.78 is 35.7. The van der Waals surface area contributed by atoms with Crippen molar-refractivity contribution in [3.8, 4) is 0 Å². The molecular weight excluding hydrogens is 195 g/mol. The van der Waals surface area contributed by atoms with Crippen molar-refractivity contribution in [1.29, 1.82) is 0 Å². The van der Waals surface area contributed by atoms with Gasteiger partial charge in [-0.3, -0.25) is 4.99 Å². The van der Waals surface area contributed by atoms with Crippen molar-refractivity contribution in [3.63, 3.8) is 0 Å². The summed E-state index contributed by atoms with van der Waals surface area (Å²) in [6.45, 7) is 5.04. The molecule has 6 heteroatoms. The van der Waals surface area contributed by atoms with Gasteiger partial charge in [-0.2, -0.15) is 13.2 Å². The second kappa shape index (κ2) is 5.07. The maximum Gasteiger partial charge on any atom is 0.391 e. The number of nitrogens with two attached hydrogens (primary N) is 1. The molecule has 1 unspecified atom stereocenters. The fourth-order valence-corrected chi connectivity index (χ4v) is 0.951. The summed E-state index contributed by atoms with van der Waals surface area (Å²) in [6.07, 6.45) is -5.14. The predicted octanol–water partition coefficient (Wildman–Crippen LogP) is 1.64. The van der Waals surface area contributed by atoms with E-state index in [0.717, 1.165) is 0 Å². The van der Waals surface area contributed by atoms with Crippen LogP contribution in [0.3, 0.4) is 0 Å². The fraction of sp³-hybridized carbons (Fsp3) is 0.875. The van der Waals surface area contributed by atoms with Crippen LogP contribution in [0.25, 0.3) is 0 Å². The normalized spacial score (nSPS) is 15.8. The molecule has 0 radical (unpaired) electrons. The van der Waals surface area contributed by atoms with Gasteiger partial charge in [0.2, 0.25) is 0 Å². The first-order valence-corrected chi connectivity index (χ1v) is 4.37. The largest absolute Gasteiger partial charge is 0.391 e. The van der Waals surface area contributed by atoms with Crippen molar-refractivity contribution in [1.82, 2.24) is 5.32 Å². The molecule has 0 saturated carbocycles. The van der Waals surface area contributed by atoms with Crippen LogP contribution in [0.1, 0.15) is 27.2 Å². The van der Waals surface area contributed by atoms with Gasteiger partial charge in [0.25, 0.3) is 0 Å². The van der Waals surface area contributed by atoms with E-state index in [9.17, 15) is 13.2 Å². The van der Waals surface area contributed by atoms with Gasteiger partial charge in [-0.05, 0) is 20.8 Å². The zero-order valence-electron chi connectivity index (χ0n) is 8.52. The standard InChI is InChI=1S/C8H16F3N3/c1-5(2)13-7(12)14-6(3)4-8(9,10)11/h5-6H,4H2,1-3H3,(H3,12,13,14). The van der Waals surface area contributed by atoms with Gasteiger partial charge in [0.05, 0.1) is 12.5 Å². The molecule has 3 N–H and O–H groups in total. The topological polar surface area (TPSA) is 50.4 Å². The van der Waals surface area contributed by atoms with E-state index in [-0.39, 0.29) is 12.0 Å². The Balaban J connectivity index is 4.08. The average molecular weight is 211 g/mol. The lowest BCUT2D eigenvalue weighted by molar-refractivity contribution is -0.137. The number of aliphatic imine (C=N–C) groups is 1. The van der Waals surface area contributed by atoms with E-state index < -0.39 is 18.6 Å². The Kier molecular flexibility index (Phi) is 4.73. The van der Waals surface area contributed by atoms with Gasteiger partial charge in [0.15, 0.2) is 5.96 Å². The van der Waals surface area contributed by atoms with E-state index in [1.807, 2.05) is 13.8 Å². The lowest BCUT2D eigenvalue weighted by Crippen LogP contribution is -2.37. The molecule has 84 valence electrons. The summed E-state index contributed by atoms with van der Waals surface area (Å²) in [5.74, 6) is 0.0525. The first-order valence-electron chi connectivity index (χ1n) is 4.37. The zero-order chi connectivity index (χ0) is 11.4. The Morgan fingerprint density at radius 3 is 2.21 bits per heavy atom. The van der Waals surface area contributed by atoms with Crippen molar-refractivity contribution in [3.05, 3.63) is 0 Å². The van der Waals surface area contributed by atoms with Gasteiger partial charge < -0.3 is 11.1 Å². The summed E-state index contributed by atoms with van der Waals surface area (Å²) in [6, 6.07) is -0.780. The maximum atomic E-state index is 11.9. The Hall–Kier alpha value is -0.940. The molecule has 0 saturated heterocycles. The van der Waals surface area contributed by atoms with E-state index in [1.165, 1.54) is 6.92 Å². The van der Waals surface area contributed by atoms with Gasteiger partial charge in [0, 0.05) is 6.04 Å². The number of nitrogens with one attached hydrogen (secondary N) is 1. The predicted molar refractivity (Wildman–Crippen MR) is 50.0 cm³/mol. The molecule has 0 aromatic rings. The minimum Gasteiger partial charge on any atom is -0.370 e. The van der Waals surface area contributed by atoms with E-state index in [2.05, 4.69) is 10.3 Å². The monoisotopic (exact) mass is 211 g/mol. The van der Waals surface area contributed by atoms with Crippen molar-refractivity contribution in [2.75, 3.05) is 0 Å². The molecule has 0 aliphatic rings. The lowest BCUT2D eigenvalue weighted by atomic mass is 10.2. The van der Waals surface area contributed by atoms with Crippen LogP contribution in [-0.4, -0.2) is 24.2 Å². The van der Waals surface area contributed by atoms with Crippen molar-refractivity contribution in [2.45, 2.75) is 45.5 Å². The van der Waals surface area contributed by atoms with Gasteiger partial charge in [0.1, 0.15) is 0 Å². The third-order valence-corrected chi connectivity index (χ3v) is 1.32. The highest BCUT2D eigenvalue weighted by Crippen LogP contribution is 2.22. The molecule has 0 amide bonds. The molecular formula is C8H16F3N3. The molecule has 0 heterocycles. The highest BCUT2D eigenvalue weighted by molar-refractivity contribution is 5.78. The number of guanidine groups is 1. The Labute approximate surface area is 81.6 Å². The summed E-state index contributed by atoms with van der Waals surface area (Å²) in [4.78, 5) is 3.67. The average Bonchev–Trinajstić information content (AvgIpc) is 1.77. The number of halogens is 3. The lowest BCUT2D eigenvalue weighted by Gasteiger charge is -2.13. The van der Waals surface area contributed by atoms with Crippen LogP contribution < -0.4 is 11.1 Å². The smallest absolute Gasteiger partial charge is 0.370 e. The first kappa shape index (κ1) is 13.1. The van der Waals surface area contributed by atoms with Gasteiger partial charge >= 0.3 is 6.18 Å². The summed E-state index contributed by atoms with van der Waals surface area (Å²) in [7, 11) is 0. The molecule has 3 nitrogen and oxygen atoms in total. The fourth-order valence-electron chi connectivity index (χ4n) is 0.951. The van der Waals surface area contributed by atoms with Crippen LogP contribution in [0.5, 0.6) is 0 Å². The van der Waals surface area contributed by atoms with Crippen LogP contribution in [0.4, 0.5) is 13.2 Å². The number of hydrogen-bond donors (Lipinski definition) is 2. The molecule has 14 heavy (non-hydrogen) atoms. The van der Waals surface area contributed by atoms with Crippen molar-refractivity contribution >= 4 is 5.96 Å². The Morgan fingerprint density at radius 2 is 1.86 bits per heavy atom. The van der Waals surface area contributed by atoms with Crippen LogP contribution in [-0.2, 0) is 0 Å². The second-order valence-electron chi connectivity index (χ2n) is 3.48. The van der Waals surface area contributed by atoms with Gasteiger partial charge in [-0.15, -0.1) is 0 Å². The van der Waals surface area contributed by atoms with Gasteiger partial charge in [-0.1, -0.05) is 0 Å². The summed E-state index contributed by atoms with van der Waals surface area (Å²) in [5, 5.41) is 2.72. The minimum atomic E-state index is -4.19. The van der Waals surface area contributed by atoms with Crippen LogP contribution >= 0.6 is 0 Å². The maximum absolute atomic E-state index is 11.9. The number of alkyl halides is 3. The highest BCUT2D eigenvalue weighted by atomic mass is 19.4. The minimum absolute atomic E-state index is 0.0525. The molecule has 0 aromatic heterocycles. The molecule has 0 aromatic carbocycles. The molecule has 0 bridgehead atoms. The quantitative estimate of drug-likeness (QED) is 0.550. The third-order valence-electron chi connectivity index (χ3n) is 1.32.